The summed E-state index contributed by atoms with van der Waals surface area (Å²) in [5.41, 5.74) is 0.787. The molecule has 1 aliphatic rings. The number of ether oxygens (including phenoxy) is 3. The minimum Gasteiger partial charge on any atom is -0.490 e. The fourth-order valence-corrected chi connectivity index (χ4v) is 2.92. The zero-order chi connectivity index (χ0) is 19.5. The second-order valence-corrected chi connectivity index (χ2v) is 6.48. The quantitative estimate of drug-likeness (QED) is 0.501. The molecular weight excluding hydrogens is 346 g/mol. The average Bonchev–Trinajstić information content (AvgIpc) is 3.17. The van der Waals surface area contributed by atoms with Gasteiger partial charge in [0.05, 0.1) is 13.2 Å². The summed E-state index contributed by atoms with van der Waals surface area (Å²) in [6.07, 6.45) is 8.12. The highest BCUT2D eigenvalue weighted by Gasteiger charge is 2.17. The van der Waals surface area contributed by atoms with E-state index in [0.29, 0.717) is 24.7 Å². The Kier molecular flexibility index (Phi) is 8.68. The molecule has 6 nitrogen and oxygen atoms in total. The molecule has 0 spiro atoms. The van der Waals surface area contributed by atoms with Gasteiger partial charge in [-0.15, -0.1) is 0 Å². The maximum atomic E-state index is 11.8. The predicted octanol–water partition coefficient (Wildman–Crippen LogP) is 3.49. The molecule has 1 fully saturated rings. The van der Waals surface area contributed by atoms with Crippen molar-refractivity contribution in [2.75, 3.05) is 19.8 Å². The van der Waals surface area contributed by atoms with Gasteiger partial charge >= 0.3 is 5.97 Å². The van der Waals surface area contributed by atoms with Crippen molar-refractivity contribution in [2.45, 2.75) is 52.0 Å². The molecule has 0 aliphatic heterocycles. The van der Waals surface area contributed by atoms with Crippen LogP contribution in [0.3, 0.4) is 0 Å². The number of carbonyl (C=O) groups excluding carboxylic acids is 2. The highest BCUT2D eigenvalue weighted by molar-refractivity contribution is 5.89. The van der Waals surface area contributed by atoms with Gasteiger partial charge in [0, 0.05) is 12.1 Å². The Morgan fingerprint density at radius 2 is 1.93 bits per heavy atom. The average molecular weight is 375 g/mol. The van der Waals surface area contributed by atoms with E-state index in [1.807, 2.05) is 32.0 Å². The molecule has 1 aliphatic carbocycles. The van der Waals surface area contributed by atoms with Crippen LogP contribution in [0.1, 0.15) is 51.5 Å². The van der Waals surface area contributed by atoms with E-state index < -0.39 is 5.97 Å². The molecule has 0 heterocycles. The summed E-state index contributed by atoms with van der Waals surface area (Å²) in [6, 6.07) is 5.69. The van der Waals surface area contributed by atoms with Gasteiger partial charge in [-0.1, -0.05) is 25.8 Å². The number of hydrogen-bond donors (Lipinski definition) is 1. The Morgan fingerprint density at radius 1 is 1.15 bits per heavy atom. The number of amides is 1. The van der Waals surface area contributed by atoms with Gasteiger partial charge in [-0.3, -0.25) is 4.79 Å². The van der Waals surface area contributed by atoms with E-state index in [2.05, 4.69) is 5.32 Å². The van der Waals surface area contributed by atoms with Gasteiger partial charge in [0.25, 0.3) is 5.91 Å². The smallest absolute Gasteiger partial charge is 0.331 e. The second kappa shape index (κ2) is 11.3. The Balaban J connectivity index is 1.84. The molecule has 1 aromatic carbocycles. The molecule has 0 bridgehead atoms. The Morgan fingerprint density at radius 3 is 2.63 bits per heavy atom. The number of nitrogens with one attached hydrogen (secondary N) is 1. The van der Waals surface area contributed by atoms with Gasteiger partial charge in [-0.25, -0.2) is 4.79 Å². The fourth-order valence-electron chi connectivity index (χ4n) is 2.92. The van der Waals surface area contributed by atoms with Crippen molar-refractivity contribution in [1.82, 2.24) is 5.32 Å². The van der Waals surface area contributed by atoms with Crippen LogP contribution in [0.25, 0.3) is 6.08 Å². The van der Waals surface area contributed by atoms with Crippen molar-refractivity contribution in [2.24, 2.45) is 0 Å². The standard InChI is InChI=1S/C21H29NO5/c1-3-13-26-18-11-9-16(14-19(18)25-4-2)10-12-21(24)27-15-20(23)22-17-7-5-6-8-17/h9-12,14,17H,3-8,13,15H2,1-2H3,(H,22,23)/b12-10+. The van der Waals surface area contributed by atoms with Crippen molar-refractivity contribution in [3.8, 4) is 11.5 Å². The first kappa shape index (κ1) is 20.8. The molecule has 148 valence electrons. The number of rotatable bonds is 10. The zero-order valence-corrected chi connectivity index (χ0v) is 16.2. The molecule has 1 saturated carbocycles. The first-order valence-electron chi connectivity index (χ1n) is 9.66. The van der Waals surface area contributed by atoms with Crippen LogP contribution in [0.4, 0.5) is 0 Å². The number of carbonyl (C=O) groups is 2. The van der Waals surface area contributed by atoms with Crippen LogP contribution >= 0.6 is 0 Å². The molecule has 27 heavy (non-hydrogen) atoms. The third-order valence-corrected chi connectivity index (χ3v) is 4.21. The Hall–Kier alpha value is -2.50. The summed E-state index contributed by atoms with van der Waals surface area (Å²) in [6.45, 7) is 4.82. The van der Waals surface area contributed by atoms with Crippen LogP contribution in [0.2, 0.25) is 0 Å². The highest BCUT2D eigenvalue weighted by Crippen LogP contribution is 2.29. The highest BCUT2D eigenvalue weighted by atomic mass is 16.5. The Bertz CT molecular complexity index is 650. The van der Waals surface area contributed by atoms with Gasteiger partial charge in [0.15, 0.2) is 18.1 Å². The number of hydrogen-bond acceptors (Lipinski definition) is 5. The largest absolute Gasteiger partial charge is 0.490 e. The van der Waals surface area contributed by atoms with Crippen LogP contribution in [0.5, 0.6) is 11.5 Å². The van der Waals surface area contributed by atoms with Crippen LogP contribution in [-0.2, 0) is 14.3 Å². The SMILES string of the molecule is CCCOc1ccc(/C=C/C(=O)OCC(=O)NC2CCCC2)cc1OCC. The summed E-state index contributed by atoms with van der Waals surface area (Å²) >= 11 is 0. The van der Waals surface area contributed by atoms with Crippen molar-refractivity contribution < 1.29 is 23.8 Å². The normalized spacial score (nSPS) is 14.3. The molecule has 0 atom stereocenters. The van der Waals surface area contributed by atoms with Crippen molar-refractivity contribution in [3.63, 3.8) is 0 Å². The van der Waals surface area contributed by atoms with Gasteiger partial charge in [0.1, 0.15) is 0 Å². The van der Waals surface area contributed by atoms with Gasteiger partial charge in [-0.05, 0) is 50.0 Å². The summed E-state index contributed by atoms with van der Waals surface area (Å²) < 4.78 is 16.2. The molecule has 1 aromatic rings. The van der Waals surface area contributed by atoms with Crippen LogP contribution in [0.15, 0.2) is 24.3 Å². The lowest BCUT2D eigenvalue weighted by Crippen LogP contribution is -2.35. The molecule has 1 N–H and O–H groups in total. The monoisotopic (exact) mass is 375 g/mol. The molecule has 0 aromatic heterocycles. The second-order valence-electron chi connectivity index (χ2n) is 6.48. The first-order chi connectivity index (χ1) is 13.1. The minimum absolute atomic E-state index is 0.220. The van der Waals surface area contributed by atoms with E-state index in [-0.39, 0.29) is 18.6 Å². The lowest BCUT2D eigenvalue weighted by Gasteiger charge is -2.12. The predicted molar refractivity (Wildman–Crippen MR) is 104 cm³/mol. The van der Waals surface area contributed by atoms with Gasteiger partial charge in [0.2, 0.25) is 0 Å². The molecule has 0 radical (unpaired) electrons. The molecule has 0 unspecified atom stereocenters. The van der Waals surface area contributed by atoms with Crippen molar-refractivity contribution >= 4 is 18.0 Å². The summed E-state index contributed by atoms with van der Waals surface area (Å²) in [5, 5.41) is 2.88. The van der Waals surface area contributed by atoms with E-state index in [0.717, 1.165) is 37.7 Å². The topological polar surface area (TPSA) is 73.9 Å². The summed E-state index contributed by atoms with van der Waals surface area (Å²) in [4.78, 5) is 23.6. The van der Waals surface area contributed by atoms with Crippen molar-refractivity contribution in [3.05, 3.63) is 29.8 Å². The maximum absolute atomic E-state index is 11.8. The molecular formula is C21H29NO5. The zero-order valence-electron chi connectivity index (χ0n) is 16.2. The fraction of sp³-hybridized carbons (Fsp3) is 0.524. The van der Waals surface area contributed by atoms with E-state index in [9.17, 15) is 9.59 Å². The van der Waals surface area contributed by atoms with Gasteiger partial charge in [-0.2, -0.15) is 0 Å². The summed E-state index contributed by atoms with van der Waals surface area (Å²) in [5.74, 6) is 0.514. The van der Waals surface area contributed by atoms with E-state index in [1.54, 1.807) is 6.08 Å². The lowest BCUT2D eigenvalue weighted by atomic mass is 10.2. The van der Waals surface area contributed by atoms with Gasteiger partial charge < -0.3 is 19.5 Å². The van der Waals surface area contributed by atoms with Crippen molar-refractivity contribution in [1.29, 1.82) is 0 Å². The Labute approximate surface area is 160 Å². The van der Waals surface area contributed by atoms with E-state index in [1.165, 1.54) is 6.08 Å². The number of benzene rings is 1. The minimum atomic E-state index is -0.555. The van der Waals surface area contributed by atoms with Crippen LogP contribution < -0.4 is 14.8 Å². The molecule has 1 amide bonds. The maximum Gasteiger partial charge on any atom is 0.331 e. The summed E-state index contributed by atoms with van der Waals surface area (Å²) in [7, 11) is 0. The lowest BCUT2D eigenvalue weighted by molar-refractivity contribution is -0.144. The van der Waals surface area contributed by atoms with Crippen LogP contribution in [0, 0.1) is 0 Å². The third-order valence-electron chi connectivity index (χ3n) is 4.21. The van der Waals surface area contributed by atoms with Crippen LogP contribution in [-0.4, -0.2) is 37.7 Å². The molecule has 0 saturated heterocycles. The first-order valence-corrected chi connectivity index (χ1v) is 9.66. The third kappa shape index (κ3) is 7.33. The molecule has 6 heteroatoms. The van der Waals surface area contributed by atoms with E-state index >= 15 is 0 Å². The number of esters is 1. The van der Waals surface area contributed by atoms with E-state index in [4.69, 9.17) is 14.2 Å². The molecule has 2 rings (SSSR count).